The van der Waals surface area contributed by atoms with Crippen LogP contribution >= 0.6 is 15.9 Å². The molecule has 0 unspecified atom stereocenters. The number of nitrogens with zero attached hydrogens (tertiary/aromatic N) is 4. The first-order chi connectivity index (χ1) is 12.1. The van der Waals surface area contributed by atoms with Crippen LogP contribution in [-0.2, 0) is 13.0 Å². The van der Waals surface area contributed by atoms with Gasteiger partial charge < -0.3 is 10.1 Å². The summed E-state index contributed by atoms with van der Waals surface area (Å²) in [6.45, 7) is 5.35. The summed E-state index contributed by atoms with van der Waals surface area (Å²) >= 11 is 3.57. The van der Waals surface area contributed by atoms with Gasteiger partial charge in [0.1, 0.15) is 11.6 Å². The van der Waals surface area contributed by atoms with Crippen LogP contribution in [0.5, 0.6) is 5.75 Å². The Morgan fingerprint density at radius 1 is 1.20 bits per heavy atom. The lowest BCUT2D eigenvalue weighted by molar-refractivity contribution is 0.354. The number of nitrogens with one attached hydrogen (secondary N) is 1. The van der Waals surface area contributed by atoms with Crippen LogP contribution in [0.15, 0.2) is 34.8 Å². The molecule has 0 saturated heterocycles. The molecule has 0 radical (unpaired) electrons. The van der Waals surface area contributed by atoms with Crippen molar-refractivity contribution >= 4 is 21.7 Å². The zero-order valence-corrected chi connectivity index (χ0v) is 15.7. The van der Waals surface area contributed by atoms with Crippen LogP contribution in [0, 0.1) is 13.8 Å². The van der Waals surface area contributed by atoms with Gasteiger partial charge >= 0.3 is 0 Å². The summed E-state index contributed by atoms with van der Waals surface area (Å²) in [5.41, 5.74) is 4.36. The first-order valence-corrected chi connectivity index (χ1v) is 8.95. The molecule has 1 aliphatic heterocycles. The fraction of sp³-hybridized carbons (Fsp3) is 0.278. The van der Waals surface area contributed by atoms with Gasteiger partial charge in [0.05, 0.1) is 12.3 Å². The lowest BCUT2D eigenvalue weighted by Crippen LogP contribution is -2.07. The number of aromatic nitrogens is 4. The second-order valence-corrected chi connectivity index (χ2v) is 7.04. The van der Waals surface area contributed by atoms with Crippen LogP contribution in [0.3, 0.4) is 0 Å². The summed E-state index contributed by atoms with van der Waals surface area (Å²) in [6.07, 6.45) is 0.957. The van der Waals surface area contributed by atoms with Crippen LogP contribution < -0.4 is 10.1 Å². The zero-order valence-electron chi connectivity index (χ0n) is 14.1. The Kier molecular flexibility index (Phi) is 4.17. The van der Waals surface area contributed by atoms with Gasteiger partial charge in [0.25, 0.3) is 0 Å². The highest BCUT2D eigenvalue weighted by Crippen LogP contribution is 2.33. The SMILES string of the molecule is Cc1cc(C)n(-c2ccc(NCc3cc(Br)cc4c3OCC4)nn2)n1. The van der Waals surface area contributed by atoms with Gasteiger partial charge in [-0.2, -0.15) is 5.10 Å². The van der Waals surface area contributed by atoms with Crippen LogP contribution in [-0.4, -0.2) is 26.6 Å². The second kappa shape index (κ2) is 6.48. The van der Waals surface area contributed by atoms with Crippen molar-refractivity contribution < 1.29 is 4.74 Å². The van der Waals surface area contributed by atoms with Crippen molar-refractivity contribution in [2.45, 2.75) is 26.8 Å². The number of rotatable bonds is 4. The minimum atomic E-state index is 0.635. The number of benzene rings is 1. The molecule has 0 atom stereocenters. The van der Waals surface area contributed by atoms with Gasteiger partial charge in [-0.1, -0.05) is 15.9 Å². The average Bonchev–Trinajstić information content (AvgIpc) is 3.19. The van der Waals surface area contributed by atoms with E-state index in [-0.39, 0.29) is 0 Å². The molecule has 1 N–H and O–H groups in total. The van der Waals surface area contributed by atoms with Gasteiger partial charge in [-0.05, 0) is 49.7 Å². The van der Waals surface area contributed by atoms with Crippen LogP contribution in [0.2, 0.25) is 0 Å². The first kappa shape index (κ1) is 16.1. The maximum Gasteiger partial charge on any atom is 0.176 e. The molecular formula is C18H18BrN5O. The minimum Gasteiger partial charge on any atom is -0.493 e. The maximum atomic E-state index is 5.76. The number of fused-ring (bicyclic) bond motifs is 1. The van der Waals surface area contributed by atoms with Crippen molar-refractivity contribution in [3.05, 3.63) is 57.3 Å². The molecule has 0 bridgehead atoms. The predicted octanol–water partition coefficient (Wildman–Crippen LogP) is 3.59. The van der Waals surface area contributed by atoms with E-state index in [1.165, 1.54) is 5.56 Å². The molecule has 128 valence electrons. The van der Waals surface area contributed by atoms with Crippen LogP contribution in [0.25, 0.3) is 5.82 Å². The predicted molar refractivity (Wildman–Crippen MR) is 99.3 cm³/mol. The van der Waals surface area contributed by atoms with Crippen LogP contribution in [0.1, 0.15) is 22.5 Å². The third-order valence-corrected chi connectivity index (χ3v) is 4.62. The number of halogens is 1. The highest BCUT2D eigenvalue weighted by Gasteiger charge is 2.17. The van der Waals surface area contributed by atoms with Crippen molar-refractivity contribution in [2.75, 3.05) is 11.9 Å². The van der Waals surface area contributed by atoms with Crippen molar-refractivity contribution in [3.63, 3.8) is 0 Å². The van der Waals surface area contributed by atoms with Gasteiger partial charge in [-0.3, -0.25) is 0 Å². The van der Waals surface area contributed by atoms with Crippen LogP contribution in [0.4, 0.5) is 5.82 Å². The summed E-state index contributed by atoms with van der Waals surface area (Å²) in [5, 5.41) is 16.3. The molecule has 3 heterocycles. The minimum absolute atomic E-state index is 0.635. The number of hydrogen-bond acceptors (Lipinski definition) is 5. The molecule has 1 aliphatic rings. The van der Waals surface area contributed by atoms with E-state index in [4.69, 9.17) is 4.74 Å². The molecule has 4 rings (SSSR count). The molecule has 0 aliphatic carbocycles. The van der Waals surface area contributed by atoms with Gasteiger partial charge in [-0.25, -0.2) is 4.68 Å². The zero-order chi connectivity index (χ0) is 17.4. The molecule has 0 spiro atoms. The van der Waals surface area contributed by atoms with Gasteiger partial charge in [0.15, 0.2) is 5.82 Å². The normalized spacial score (nSPS) is 12.8. The van der Waals surface area contributed by atoms with E-state index in [2.05, 4.69) is 48.7 Å². The summed E-state index contributed by atoms with van der Waals surface area (Å²) in [6, 6.07) is 10.0. The number of anilines is 1. The monoisotopic (exact) mass is 399 g/mol. The van der Waals surface area contributed by atoms with Crippen molar-refractivity contribution in [1.82, 2.24) is 20.0 Å². The smallest absolute Gasteiger partial charge is 0.176 e. The molecular weight excluding hydrogens is 382 g/mol. The van der Waals surface area contributed by atoms with Gasteiger partial charge in [0, 0.05) is 28.7 Å². The van der Waals surface area contributed by atoms with E-state index in [9.17, 15) is 0 Å². The number of ether oxygens (including phenoxy) is 1. The van der Waals surface area contributed by atoms with Gasteiger partial charge in [0.2, 0.25) is 0 Å². The van der Waals surface area contributed by atoms with E-state index in [1.54, 1.807) is 4.68 Å². The first-order valence-electron chi connectivity index (χ1n) is 8.15. The highest BCUT2D eigenvalue weighted by molar-refractivity contribution is 9.10. The van der Waals surface area contributed by atoms with Gasteiger partial charge in [-0.15, -0.1) is 10.2 Å². The van der Waals surface area contributed by atoms with Crippen molar-refractivity contribution in [3.8, 4) is 11.6 Å². The standard InChI is InChI=1S/C18H18BrN5O/c1-11-7-12(2)24(23-11)17-4-3-16(21-22-17)20-10-14-9-15(19)8-13-5-6-25-18(13)14/h3-4,7-9H,5-6,10H2,1-2H3,(H,20,21). The van der Waals surface area contributed by atoms with E-state index >= 15 is 0 Å². The number of hydrogen-bond donors (Lipinski definition) is 1. The Labute approximate surface area is 154 Å². The van der Waals surface area contributed by atoms with E-state index in [1.807, 2.05) is 32.0 Å². The fourth-order valence-corrected chi connectivity index (χ4v) is 3.61. The maximum absolute atomic E-state index is 5.76. The third-order valence-electron chi connectivity index (χ3n) is 4.16. The lowest BCUT2D eigenvalue weighted by atomic mass is 10.1. The summed E-state index contributed by atoms with van der Waals surface area (Å²) in [7, 11) is 0. The quantitative estimate of drug-likeness (QED) is 0.725. The molecule has 25 heavy (non-hydrogen) atoms. The average molecular weight is 400 g/mol. The Hall–Kier alpha value is -2.41. The Balaban J connectivity index is 1.50. The number of aryl methyl sites for hydroxylation is 2. The summed E-state index contributed by atoms with van der Waals surface area (Å²) in [4.78, 5) is 0. The molecule has 0 fully saturated rings. The van der Waals surface area contributed by atoms with E-state index < -0.39 is 0 Å². The summed E-state index contributed by atoms with van der Waals surface area (Å²) in [5.74, 6) is 2.42. The largest absolute Gasteiger partial charge is 0.493 e. The lowest BCUT2D eigenvalue weighted by Gasteiger charge is -2.11. The molecule has 0 saturated carbocycles. The van der Waals surface area contributed by atoms with E-state index in [0.717, 1.165) is 46.0 Å². The third kappa shape index (κ3) is 3.24. The second-order valence-electron chi connectivity index (χ2n) is 6.12. The summed E-state index contributed by atoms with van der Waals surface area (Å²) < 4.78 is 8.62. The highest BCUT2D eigenvalue weighted by atomic mass is 79.9. The molecule has 7 heteroatoms. The Morgan fingerprint density at radius 3 is 2.80 bits per heavy atom. The fourth-order valence-electron chi connectivity index (χ4n) is 3.06. The molecule has 1 aromatic carbocycles. The molecule has 3 aromatic rings. The Morgan fingerprint density at radius 2 is 2.08 bits per heavy atom. The molecule has 2 aromatic heterocycles. The topological polar surface area (TPSA) is 64.9 Å². The Bertz CT molecular complexity index is 920. The van der Waals surface area contributed by atoms with Crippen molar-refractivity contribution in [1.29, 1.82) is 0 Å². The molecule has 0 amide bonds. The van der Waals surface area contributed by atoms with E-state index in [0.29, 0.717) is 12.4 Å². The van der Waals surface area contributed by atoms with Crippen molar-refractivity contribution in [2.24, 2.45) is 0 Å². The molecule has 6 nitrogen and oxygen atoms in total.